The predicted octanol–water partition coefficient (Wildman–Crippen LogP) is 4.91. The number of rotatable bonds is 6. The van der Waals surface area contributed by atoms with Crippen LogP contribution in [0, 0.1) is 23.1 Å². The molecule has 1 aliphatic rings. The van der Waals surface area contributed by atoms with Gasteiger partial charge in [-0.1, -0.05) is 18.2 Å². The van der Waals surface area contributed by atoms with Crippen molar-refractivity contribution in [3.8, 4) is 34.5 Å². The number of anilines is 1. The first-order chi connectivity index (χ1) is 18.4. The fourth-order valence-electron chi connectivity index (χ4n) is 4.88. The monoisotopic (exact) mass is 514 g/mol. The zero-order valence-electron chi connectivity index (χ0n) is 21.1. The van der Waals surface area contributed by atoms with E-state index in [1.165, 1.54) is 19.2 Å². The summed E-state index contributed by atoms with van der Waals surface area (Å²) in [6, 6.07) is 13.5. The number of hydrogen-bond donors (Lipinski definition) is 1. The number of nitriles is 1. The number of nitrogens with zero attached hydrogens (tertiary/aromatic N) is 6. The van der Waals surface area contributed by atoms with Crippen molar-refractivity contribution in [2.75, 3.05) is 38.7 Å². The van der Waals surface area contributed by atoms with Crippen LogP contribution in [0.1, 0.15) is 18.4 Å². The van der Waals surface area contributed by atoms with Crippen molar-refractivity contribution in [1.82, 2.24) is 19.3 Å². The lowest BCUT2D eigenvalue weighted by molar-refractivity contribution is 0.148. The lowest BCUT2D eigenvalue weighted by Crippen LogP contribution is -2.34. The van der Waals surface area contributed by atoms with Crippen LogP contribution >= 0.6 is 0 Å². The van der Waals surface area contributed by atoms with E-state index in [2.05, 4.69) is 23.0 Å². The first kappa shape index (κ1) is 25.2. The lowest BCUT2D eigenvalue weighted by atomic mass is 10.00. The molecule has 1 amide bonds. The van der Waals surface area contributed by atoms with Crippen molar-refractivity contribution < 1.29 is 19.0 Å². The normalized spacial score (nSPS) is 15.8. The molecule has 194 valence electrons. The van der Waals surface area contributed by atoms with Crippen LogP contribution < -0.4 is 9.64 Å². The van der Waals surface area contributed by atoms with Gasteiger partial charge in [-0.2, -0.15) is 5.26 Å². The number of aromatic nitrogens is 3. The van der Waals surface area contributed by atoms with Crippen molar-refractivity contribution in [1.29, 1.82) is 5.26 Å². The van der Waals surface area contributed by atoms with Gasteiger partial charge in [0.25, 0.3) is 0 Å². The number of carbonyl (C=O) groups is 1. The molecule has 38 heavy (non-hydrogen) atoms. The second-order valence-electron chi connectivity index (χ2n) is 9.54. The van der Waals surface area contributed by atoms with E-state index in [1.54, 1.807) is 47.3 Å². The van der Waals surface area contributed by atoms with E-state index in [-0.39, 0.29) is 5.69 Å². The van der Waals surface area contributed by atoms with Gasteiger partial charge in [0.05, 0.1) is 47.8 Å². The smallest absolute Gasteiger partial charge is 0.411 e. The molecule has 9 nitrogen and oxygen atoms in total. The maximum atomic E-state index is 15.1. The van der Waals surface area contributed by atoms with E-state index in [0.29, 0.717) is 52.0 Å². The number of imidazole rings is 1. The molecular weight excluding hydrogens is 487 g/mol. The van der Waals surface area contributed by atoms with E-state index in [9.17, 15) is 15.2 Å². The third-order valence-electron chi connectivity index (χ3n) is 6.87. The molecule has 1 fully saturated rings. The molecule has 1 unspecified atom stereocenters. The Kier molecular flexibility index (Phi) is 6.94. The Morgan fingerprint density at radius 1 is 1.26 bits per heavy atom. The Labute approximate surface area is 219 Å². The molecule has 0 spiro atoms. The summed E-state index contributed by atoms with van der Waals surface area (Å²) in [5, 5.41) is 18.5. The Bertz CT molecular complexity index is 1530. The van der Waals surface area contributed by atoms with Crippen LogP contribution in [-0.4, -0.2) is 64.3 Å². The molecule has 4 aromatic rings. The molecule has 1 saturated heterocycles. The van der Waals surface area contributed by atoms with Crippen LogP contribution in [0.25, 0.3) is 28.0 Å². The molecular formula is C28H27FN6O3. The number of ether oxygens (including phenoxy) is 1. The second-order valence-corrected chi connectivity index (χ2v) is 9.54. The fraction of sp³-hybridized carbons (Fsp3) is 0.286. The van der Waals surface area contributed by atoms with Gasteiger partial charge >= 0.3 is 6.09 Å². The second kappa shape index (κ2) is 10.5. The Balaban J connectivity index is 1.63. The summed E-state index contributed by atoms with van der Waals surface area (Å²) in [6.07, 6.45) is 4.21. The molecule has 0 bridgehead atoms. The van der Waals surface area contributed by atoms with E-state index >= 15 is 4.39 Å². The number of hydrogen-bond acceptors (Lipinski definition) is 6. The maximum absolute atomic E-state index is 15.1. The van der Waals surface area contributed by atoms with Gasteiger partial charge in [0.15, 0.2) is 0 Å². The number of amides is 1. The summed E-state index contributed by atoms with van der Waals surface area (Å²) in [6.45, 7) is 2.54. The van der Waals surface area contributed by atoms with Gasteiger partial charge in [-0.3, -0.25) is 9.30 Å². The molecule has 0 aliphatic carbocycles. The van der Waals surface area contributed by atoms with Gasteiger partial charge in [-0.15, -0.1) is 0 Å². The van der Waals surface area contributed by atoms with Gasteiger partial charge in [-0.05, 0) is 50.7 Å². The first-order valence-electron chi connectivity index (χ1n) is 12.3. The summed E-state index contributed by atoms with van der Waals surface area (Å²) in [4.78, 5) is 23.7. The Hall–Kier alpha value is -4.49. The third kappa shape index (κ3) is 4.88. The van der Waals surface area contributed by atoms with E-state index < -0.39 is 11.9 Å². The number of fused-ring (bicyclic) bond motifs is 1. The zero-order chi connectivity index (χ0) is 26.8. The average Bonchev–Trinajstić information content (AvgIpc) is 3.41. The number of carboxylic acid groups (broad SMARTS) is 1. The minimum atomic E-state index is -1.26. The predicted molar refractivity (Wildman–Crippen MR) is 141 cm³/mol. The van der Waals surface area contributed by atoms with E-state index in [0.717, 1.165) is 30.8 Å². The molecule has 5 rings (SSSR count). The highest BCUT2D eigenvalue weighted by atomic mass is 19.1. The average molecular weight is 515 g/mol. The molecule has 10 heteroatoms. The van der Waals surface area contributed by atoms with Gasteiger partial charge in [0.2, 0.25) is 5.88 Å². The highest BCUT2D eigenvalue weighted by Crippen LogP contribution is 2.37. The molecule has 2 aromatic heterocycles. The van der Waals surface area contributed by atoms with Crippen molar-refractivity contribution in [2.24, 2.45) is 5.92 Å². The highest BCUT2D eigenvalue weighted by molar-refractivity contribution is 5.87. The SMILES string of the molecule is CN1CCCC(COc2nc(-c3ccc(C#N)cc3)c(-c3ccc(N(C)C(=O)O)c(F)c3)n3cncc23)C1. The largest absolute Gasteiger partial charge is 0.476 e. The van der Waals surface area contributed by atoms with Crippen molar-refractivity contribution in [3.05, 3.63) is 66.4 Å². The van der Waals surface area contributed by atoms with Crippen LogP contribution in [0.2, 0.25) is 0 Å². The fourth-order valence-corrected chi connectivity index (χ4v) is 4.88. The third-order valence-corrected chi connectivity index (χ3v) is 6.87. The van der Waals surface area contributed by atoms with Crippen LogP contribution in [0.4, 0.5) is 14.9 Å². The minimum absolute atomic E-state index is 0.0617. The molecule has 1 atom stereocenters. The van der Waals surface area contributed by atoms with Crippen molar-refractivity contribution in [3.63, 3.8) is 0 Å². The van der Waals surface area contributed by atoms with Gasteiger partial charge in [0.1, 0.15) is 11.3 Å². The number of piperidine rings is 1. The van der Waals surface area contributed by atoms with E-state index in [1.807, 2.05) is 0 Å². The Morgan fingerprint density at radius 2 is 2.03 bits per heavy atom. The molecule has 1 aliphatic heterocycles. The topological polar surface area (TPSA) is 107 Å². The summed E-state index contributed by atoms with van der Waals surface area (Å²) in [5.41, 5.74) is 3.36. The quantitative estimate of drug-likeness (QED) is 0.390. The lowest BCUT2D eigenvalue weighted by Gasteiger charge is -2.29. The van der Waals surface area contributed by atoms with Crippen LogP contribution in [0.3, 0.4) is 0 Å². The summed E-state index contributed by atoms with van der Waals surface area (Å²) >= 11 is 0. The standard InChI is InChI=1S/C28H27FN6O3/c1-33-11-3-4-19(15-33)16-38-27-24-14-31-17-35(24)26(25(32-27)20-7-5-18(13-30)6-8-20)21-9-10-23(22(29)12-21)34(2)28(36)37/h5-10,12,14,17,19H,3-4,11,15-16H2,1-2H3,(H,36,37). The molecule has 0 saturated carbocycles. The zero-order valence-corrected chi connectivity index (χ0v) is 21.1. The number of likely N-dealkylation sites (tertiary alicyclic amines) is 1. The molecule has 3 heterocycles. The van der Waals surface area contributed by atoms with Gasteiger partial charge in [0, 0.05) is 30.6 Å². The summed E-state index contributed by atoms with van der Waals surface area (Å²) < 4.78 is 23.2. The van der Waals surface area contributed by atoms with Crippen molar-refractivity contribution in [2.45, 2.75) is 12.8 Å². The molecule has 1 N–H and O–H groups in total. The van der Waals surface area contributed by atoms with Gasteiger partial charge < -0.3 is 14.7 Å². The van der Waals surface area contributed by atoms with Crippen LogP contribution in [0.5, 0.6) is 5.88 Å². The minimum Gasteiger partial charge on any atom is -0.476 e. The highest BCUT2D eigenvalue weighted by Gasteiger charge is 2.23. The Morgan fingerprint density at radius 3 is 2.71 bits per heavy atom. The van der Waals surface area contributed by atoms with E-state index in [4.69, 9.17) is 9.72 Å². The van der Waals surface area contributed by atoms with Gasteiger partial charge in [-0.25, -0.2) is 19.2 Å². The van der Waals surface area contributed by atoms with Crippen LogP contribution in [0.15, 0.2) is 55.0 Å². The first-order valence-corrected chi connectivity index (χ1v) is 12.3. The molecule has 2 aromatic carbocycles. The summed E-state index contributed by atoms with van der Waals surface area (Å²) in [5.74, 6) is 0.110. The maximum Gasteiger partial charge on any atom is 0.411 e. The van der Waals surface area contributed by atoms with Crippen molar-refractivity contribution >= 4 is 17.3 Å². The number of benzene rings is 2. The van der Waals surface area contributed by atoms with Crippen LogP contribution in [-0.2, 0) is 0 Å². The molecule has 0 radical (unpaired) electrons. The number of halogens is 1. The summed E-state index contributed by atoms with van der Waals surface area (Å²) in [7, 11) is 3.39.